The summed E-state index contributed by atoms with van der Waals surface area (Å²) in [7, 11) is 0. The van der Waals surface area contributed by atoms with Crippen LogP contribution in [0.25, 0.3) is 11.2 Å². The molecule has 0 amide bonds. The second-order valence-corrected chi connectivity index (χ2v) is 4.82. The molecule has 1 N–H and O–H groups in total. The lowest BCUT2D eigenvalue weighted by Gasteiger charge is -2.08. The normalized spacial score (nSPS) is 11.2. The van der Waals surface area contributed by atoms with Gasteiger partial charge in [0.15, 0.2) is 17.0 Å². The third-order valence-electron chi connectivity index (χ3n) is 2.78. The minimum atomic E-state index is 0.163. The van der Waals surface area contributed by atoms with E-state index in [0.29, 0.717) is 22.8 Å². The molecule has 0 aliphatic carbocycles. The van der Waals surface area contributed by atoms with Gasteiger partial charge in [-0.15, -0.1) is 0 Å². The average Bonchev–Trinajstić information content (AvgIpc) is 2.83. The maximum Gasteiger partial charge on any atom is 0.226 e. The summed E-state index contributed by atoms with van der Waals surface area (Å²) in [5, 5.41) is 3.24. The van der Waals surface area contributed by atoms with Gasteiger partial charge in [-0.3, -0.25) is 0 Å². The van der Waals surface area contributed by atoms with Gasteiger partial charge in [-0.1, -0.05) is 0 Å². The number of hydrogen-bond donors (Lipinski definition) is 1. The van der Waals surface area contributed by atoms with E-state index in [1.54, 1.807) is 18.6 Å². The average molecular weight is 290 g/mol. The van der Waals surface area contributed by atoms with Crippen LogP contribution in [0.2, 0.25) is 5.28 Å². The summed E-state index contributed by atoms with van der Waals surface area (Å²) in [5.41, 5.74) is 1.35. The van der Waals surface area contributed by atoms with Gasteiger partial charge in [0.25, 0.3) is 0 Å². The van der Waals surface area contributed by atoms with Crippen molar-refractivity contribution in [3.63, 3.8) is 0 Å². The number of hydrogen-bond acceptors (Lipinski definition) is 6. The van der Waals surface area contributed by atoms with Gasteiger partial charge >= 0.3 is 0 Å². The molecule has 3 heterocycles. The van der Waals surface area contributed by atoms with Crippen LogP contribution in [0.15, 0.2) is 24.9 Å². The molecule has 0 radical (unpaired) electrons. The molecule has 0 aliphatic rings. The summed E-state index contributed by atoms with van der Waals surface area (Å²) in [4.78, 5) is 20.7. The summed E-state index contributed by atoms with van der Waals surface area (Å²) in [6.45, 7) is 4.10. The SMILES string of the molecule is CC(C)n1cnc2c(Nc3ccncn3)nc(Cl)nc21. The molecular weight excluding hydrogens is 278 g/mol. The van der Waals surface area contributed by atoms with Crippen LogP contribution in [0.5, 0.6) is 0 Å². The van der Waals surface area contributed by atoms with Gasteiger partial charge in [0.2, 0.25) is 5.28 Å². The van der Waals surface area contributed by atoms with E-state index in [9.17, 15) is 0 Å². The van der Waals surface area contributed by atoms with Crippen LogP contribution in [-0.2, 0) is 0 Å². The second-order valence-electron chi connectivity index (χ2n) is 4.48. The van der Waals surface area contributed by atoms with E-state index in [1.807, 2.05) is 4.57 Å². The number of nitrogens with one attached hydrogen (secondary N) is 1. The van der Waals surface area contributed by atoms with Crippen LogP contribution >= 0.6 is 11.6 Å². The van der Waals surface area contributed by atoms with Gasteiger partial charge in [0, 0.05) is 12.2 Å². The van der Waals surface area contributed by atoms with Crippen LogP contribution in [0.4, 0.5) is 11.6 Å². The maximum atomic E-state index is 5.99. The highest BCUT2D eigenvalue weighted by atomic mass is 35.5. The van der Waals surface area contributed by atoms with E-state index in [-0.39, 0.29) is 11.3 Å². The van der Waals surface area contributed by atoms with Crippen molar-refractivity contribution in [2.75, 3.05) is 5.32 Å². The van der Waals surface area contributed by atoms with Gasteiger partial charge in [0.05, 0.1) is 6.33 Å². The minimum Gasteiger partial charge on any atom is -0.323 e. The van der Waals surface area contributed by atoms with E-state index in [2.05, 4.69) is 44.1 Å². The summed E-state index contributed by atoms with van der Waals surface area (Å²) in [6.07, 6.45) is 4.82. The van der Waals surface area contributed by atoms with E-state index >= 15 is 0 Å². The molecule has 0 aliphatic heterocycles. The molecule has 7 nitrogen and oxygen atoms in total. The van der Waals surface area contributed by atoms with Crippen molar-refractivity contribution in [2.45, 2.75) is 19.9 Å². The van der Waals surface area contributed by atoms with Crippen LogP contribution in [0.3, 0.4) is 0 Å². The molecule has 0 unspecified atom stereocenters. The molecular formula is C12H12ClN7. The summed E-state index contributed by atoms with van der Waals surface area (Å²) >= 11 is 5.99. The molecule has 8 heteroatoms. The summed E-state index contributed by atoms with van der Waals surface area (Å²) in [6, 6.07) is 1.97. The fourth-order valence-electron chi connectivity index (χ4n) is 1.84. The third kappa shape index (κ3) is 2.27. The number of rotatable bonds is 3. The van der Waals surface area contributed by atoms with Crippen molar-refractivity contribution in [1.29, 1.82) is 0 Å². The Bertz CT molecular complexity index is 738. The highest BCUT2D eigenvalue weighted by Crippen LogP contribution is 2.24. The maximum absolute atomic E-state index is 5.99. The number of aromatic nitrogens is 6. The minimum absolute atomic E-state index is 0.163. The quantitative estimate of drug-likeness (QED) is 0.746. The first-order valence-electron chi connectivity index (χ1n) is 6.08. The van der Waals surface area contributed by atoms with Crippen molar-refractivity contribution in [3.05, 3.63) is 30.2 Å². The van der Waals surface area contributed by atoms with Gasteiger partial charge < -0.3 is 9.88 Å². The number of nitrogens with zero attached hydrogens (tertiary/aromatic N) is 6. The van der Waals surface area contributed by atoms with Gasteiger partial charge in [-0.05, 0) is 31.5 Å². The Hall–Kier alpha value is -2.28. The predicted molar refractivity (Wildman–Crippen MR) is 76.0 cm³/mol. The third-order valence-corrected chi connectivity index (χ3v) is 2.95. The van der Waals surface area contributed by atoms with Crippen LogP contribution < -0.4 is 5.32 Å². The molecule has 3 aromatic heterocycles. The Kier molecular flexibility index (Phi) is 3.19. The smallest absolute Gasteiger partial charge is 0.226 e. The Morgan fingerprint density at radius 3 is 2.80 bits per heavy atom. The molecule has 0 atom stereocenters. The van der Waals surface area contributed by atoms with Gasteiger partial charge in [0.1, 0.15) is 12.1 Å². The number of anilines is 2. The van der Waals surface area contributed by atoms with E-state index < -0.39 is 0 Å². The standard InChI is InChI=1S/C12H12ClN7/c1-7(2)20-6-16-9-10(18-12(13)19-11(9)20)17-8-3-4-14-5-15-8/h3-7H,1-2H3,(H,14,15,17,18,19). The van der Waals surface area contributed by atoms with Gasteiger partial charge in [-0.2, -0.15) is 9.97 Å². The Labute approximate surface area is 120 Å². The van der Waals surface area contributed by atoms with Gasteiger partial charge in [-0.25, -0.2) is 15.0 Å². The summed E-state index contributed by atoms with van der Waals surface area (Å²) in [5.74, 6) is 1.15. The van der Waals surface area contributed by atoms with Crippen molar-refractivity contribution in [1.82, 2.24) is 29.5 Å². The zero-order valence-corrected chi connectivity index (χ0v) is 11.7. The molecule has 3 aromatic rings. The zero-order valence-electron chi connectivity index (χ0n) is 10.9. The lowest BCUT2D eigenvalue weighted by molar-refractivity contribution is 0.612. The summed E-state index contributed by atoms with van der Waals surface area (Å²) < 4.78 is 1.94. The monoisotopic (exact) mass is 289 g/mol. The molecule has 0 fully saturated rings. The first-order valence-corrected chi connectivity index (χ1v) is 6.46. The second kappa shape index (κ2) is 5.01. The molecule has 0 aromatic carbocycles. The number of fused-ring (bicyclic) bond motifs is 1. The molecule has 0 saturated heterocycles. The Morgan fingerprint density at radius 1 is 1.25 bits per heavy atom. The molecule has 3 rings (SSSR count). The topological polar surface area (TPSA) is 81.4 Å². The zero-order chi connectivity index (χ0) is 14.1. The van der Waals surface area contributed by atoms with Crippen molar-refractivity contribution >= 4 is 34.4 Å². The number of imidazole rings is 1. The lowest BCUT2D eigenvalue weighted by atomic mass is 10.4. The van der Waals surface area contributed by atoms with Crippen molar-refractivity contribution in [2.24, 2.45) is 0 Å². The Morgan fingerprint density at radius 2 is 2.10 bits per heavy atom. The lowest BCUT2D eigenvalue weighted by Crippen LogP contribution is -2.02. The van der Waals surface area contributed by atoms with E-state index in [0.717, 1.165) is 0 Å². The van der Waals surface area contributed by atoms with Crippen molar-refractivity contribution in [3.8, 4) is 0 Å². The predicted octanol–water partition coefficient (Wildman–Crippen LogP) is 2.59. The molecule has 20 heavy (non-hydrogen) atoms. The van der Waals surface area contributed by atoms with Crippen LogP contribution in [-0.4, -0.2) is 29.5 Å². The van der Waals surface area contributed by atoms with Crippen LogP contribution in [0.1, 0.15) is 19.9 Å². The molecule has 0 bridgehead atoms. The first kappa shape index (κ1) is 12.7. The fourth-order valence-corrected chi connectivity index (χ4v) is 2.01. The fraction of sp³-hybridized carbons (Fsp3) is 0.250. The van der Waals surface area contributed by atoms with E-state index in [4.69, 9.17) is 11.6 Å². The molecule has 102 valence electrons. The molecule has 0 spiro atoms. The first-order chi connectivity index (χ1) is 9.65. The van der Waals surface area contributed by atoms with Crippen LogP contribution in [0, 0.1) is 0 Å². The highest BCUT2D eigenvalue weighted by Gasteiger charge is 2.14. The molecule has 0 saturated carbocycles. The number of halogens is 1. The largest absolute Gasteiger partial charge is 0.323 e. The van der Waals surface area contributed by atoms with Crippen molar-refractivity contribution < 1.29 is 0 Å². The highest BCUT2D eigenvalue weighted by molar-refractivity contribution is 6.28. The van der Waals surface area contributed by atoms with E-state index in [1.165, 1.54) is 6.33 Å². The Balaban J connectivity index is 2.11.